The highest BCUT2D eigenvalue weighted by Crippen LogP contribution is 2.30. The third-order valence-electron chi connectivity index (χ3n) is 6.78. The minimum absolute atomic E-state index is 0.0470. The Morgan fingerprint density at radius 3 is 2.51 bits per heavy atom. The Bertz CT molecular complexity index is 1340. The Morgan fingerprint density at radius 1 is 1.15 bits per heavy atom. The van der Waals surface area contributed by atoms with Crippen molar-refractivity contribution < 1.29 is 14.3 Å². The summed E-state index contributed by atoms with van der Waals surface area (Å²) >= 11 is 3.68. The van der Waals surface area contributed by atoms with Crippen molar-refractivity contribution in [2.24, 2.45) is 0 Å². The summed E-state index contributed by atoms with van der Waals surface area (Å²) in [6, 6.07) is 2.92. The largest absolute Gasteiger partial charge is 0.444 e. The molecule has 0 radical (unpaired) electrons. The zero-order valence-electron chi connectivity index (χ0n) is 25.4. The highest BCUT2D eigenvalue weighted by atomic mass is 79.9. The maximum atomic E-state index is 12.8. The molecule has 2 atom stereocenters. The zero-order valence-corrected chi connectivity index (χ0v) is 28.0. The molecular formula is C28H43BrN8O3Si. The van der Waals surface area contributed by atoms with Crippen molar-refractivity contribution in [1.29, 1.82) is 0 Å². The van der Waals surface area contributed by atoms with Gasteiger partial charge in [-0.3, -0.25) is 4.90 Å². The van der Waals surface area contributed by atoms with Gasteiger partial charge >= 0.3 is 6.09 Å². The van der Waals surface area contributed by atoms with Crippen molar-refractivity contribution in [2.45, 2.75) is 91.3 Å². The van der Waals surface area contributed by atoms with Crippen LogP contribution < -0.4 is 10.2 Å². The molecule has 4 heterocycles. The number of anilines is 2. The molecule has 4 rings (SSSR count). The van der Waals surface area contributed by atoms with Gasteiger partial charge in [0.05, 0.1) is 29.7 Å². The highest BCUT2D eigenvalue weighted by Gasteiger charge is 2.36. The third-order valence-corrected chi connectivity index (χ3v) is 9.08. The lowest BCUT2D eigenvalue weighted by Gasteiger charge is -2.44. The van der Waals surface area contributed by atoms with Gasteiger partial charge in [0.25, 0.3) is 0 Å². The van der Waals surface area contributed by atoms with Crippen molar-refractivity contribution in [3.05, 3.63) is 35.0 Å². The van der Waals surface area contributed by atoms with Gasteiger partial charge in [0.2, 0.25) is 5.95 Å². The van der Waals surface area contributed by atoms with Gasteiger partial charge in [-0.25, -0.2) is 24.7 Å². The van der Waals surface area contributed by atoms with E-state index in [9.17, 15) is 4.79 Å². The first kappa shape index (κ1) is 31.2. The first-order valence-electron chi connectivity index (χ1n) is 14.1. The van der Waals surface area contributed by atoms with Crippen molar-refractivity contribution in [1.82, 2.24) is 29.4 Å². The Hall–Kier alpha value is -2.77. The van der Waals surface area contributed by atoms with Gasteiger partial charge in [-0.15, -0.1) is 0 Å². The molecule has 13 heteroatoms. The van der Waals surface area contributed by atoms with Gasteiger partial charge in [0, 0.05) is 44.6 Å². The smallest absolute Gasteiger partial charge is 0.410 e. The summed E-state index contributed by atoms with van der Waals surface area (Å²) in [6.45, 7) is 19.6. The SMILES string of the molecule is C[C@@H]1CN(c2nccc(CNc3ncnc4c3c(Br)cn4COCC[Si](C)(C)C)n2)C[C@H](C)N1C(=O)OC(C)(C)C. The molecule has 3 aromatic rings. The average Bonchev–Trinajstić information content (AvgIpc) is 3.19. The van der Waals surface area contributed by atoms with Crippen molar-refractivity contribution in [3.63, 3.8) is 0 Å². The summed E-state index contributed by atoms with van der Waals surface area (Å²) in [6.07, 6.45) is 5.04. The summed E-state index contributed by atoms with van der Waals surface area (Å²) in [4.78, 5) is 35.1. The number of hydrogen-bond donors (Lipinski definition) is 1. The summed E-state index contributed by atoms with van der Waals surface area (Å²) < 4.78 is 14.5. The summed E-state index contributed by atoms with van der Waals surface area (Å²) in [5.74, 6) is 1.36. The monoisotopic (exact) mass is 646 g/mol. The number of ether oxygens (including phenoxy) is 2. The minimum atomic E-state index is -1.15. The molecule has 224 valence electrons. The molecule has 0 spiro atoms. The van der Waals surface area contributed by atoms with E-state index in [0.717, 1.165) is 39.7 Å². The van der Waals surface area contributed by atoms with Gasteiger partial charge in [0.1, 0.15) is 30.1 Å². The van der Waals surface area contributed by atoms with E-state index in [0.29, 0.717) is 32.3 Å². The predicted octanol–water partition coefficient (Wildman–Crippen LogP) is 5.74. The fourth-order valence-corrected chi connectivity index (χ4v) is 6.19. The quantitative estimate of drug-likeness (QED) is 0.230. The van der Waals surface area contributed by atoms with Crippen LogP contribution in [0.2, 0.25) is 25.7 Å². The van der Waals surface area contributed by atoms with E-state index >= 15 is 0 Å². The first-order valence-corrected chi connectivity index (χ1v) is 18.6. The zero-order chi connectivity index (χ0) is 29.9. The Labute approximate surface area is 252 Å². The van der Waals surface area contributed by atoms with E-state index in [2.05, 4.69) is 60.7 Å². The topological polar surface area (TPSA) is 111 Å². The van der Waals surface area contributed by atoms with Crippen molar-refractivity contribution >= 4 is 52.9 Å². The van der Waals surface area contributed by atoms with E-state index in [1.807, 2.05) is 56.3 Å². The Kier molecular flexibility index (Phi) is 9.59. The number of nitrogens with one attached hydrogen (secondary N) is 1. The molecule has 1 amide bonds. The summed E-state index contributed by atoms with van der Waals surface area (Å²) in [7, 11) is -1.15. The molecule has 1 aliphatic heterocycles. The van der Waals surface area contributed by atoms with Crippen LogP contribution in [0.25, 0.3) is 11.0 Å². The fraction of sp³-hybridized carbons (Fsp3) is 0.607. The number of piperazine rings is 1. The third kappa shape index (κ3) is 8.16. The lowest BCUT2D eigenvalue weighted by Crippen LogP contribution is -2.59. The van der Waals surface area contributed by atoms with E-state index in [1.54, 1.807) is 12.5 Å². The lowest BCUT2D eigenvalue weighted by atomic mass is 10.1. The van der Waals surface area contributed by atoms with E-state index in [4.69, 9.17) is 14.5 Å². The molecule has 0 aromatic carbocycles. The predicted molar refractivity (Wildman–Crippen MR) is 168 cm³/mol. The number of hydrogen-bond acceptors (Lipinski definition) is 9. The van der Waals surface area contributed by atoms with Crippen molar-refractivity contribution in [2.75, 3.05) is 29.9 Å². The van der Waals surface area contributed by atoms with Crippen LogP contribution in [-0.4, -0.2) is 81.0 Å². The Balaban J connectivity index is 1.41. The minimum Gasteiger partial charge on any atom is -0.444 e. The molecule has 1 fully saturated rings. The van der Waals surface area contributed by atoms with Gasteiger partial charge in [-0.05, 0) is 62.7 Å². The molecule has 1 saturated heterocycles. The van der Waals surface area contributed by atoms with Gasteiger partial charge in [-0.2, -0.15) is 0 Å². The van der Waals surface area contributed by atoms with Crippen LogP contribution in [-0.2, 0) is 22.7 Å². The molecule has 11 nitrogen and oxygen atoms in total. The molecule has 0 aliphatic carbocycles. The lowest BCUT2D eigenvalue weighted by molar-refractivity contribution is 0.00553. The summed E-state index contributed by atoms with van der Waals surface area (Å²) in [5.41, 5.74) is 1.10. The second-order valence-electron chi connectivity index (χ2n) is 12.9. The molecule has 1 aliphatic rings. The normalized spacial score (nSPS) is 18.2. The van der Waals surface area contributed by atoms with E-state index < -0.39 is 13.7 Å². The van der Waals surface area contributed by atoms with Crippen LogP contribution >= 0.6 is 15.9 Å². The number of carbonyl (C=O) groups is 1. The molecular weight excluding hydrogens is 604 g/mol. The molecule has 0 unspecified atom stereocenters. The average molecular weight is 648 g/mol. The first-order chi connectivity index (χ1) is 19.2. The fourth-order valence-electron chi connectivity index (χ4n) is 4.82. The van der Waals surface area contributed by atoms with E-state index in [-0.39, 0.29) is 18.2 Å². The number of carbonyl (C=O) groups excluding carboxylic acids is 1. The van der Waals surface area contributed by atoms with Crippen LogP contribution in [0.5, 0.6) is 0 Å². The van der Waals surface area contributed by atoms with Crippen LogP contribution in [0.3, 0.4) is 0 Å². The van der Waals surface area contributed by atoms with Crippen LogP contribution in [0.15, 0.2) is 29.3 Å². The number of halogens is 1. The number of amides is 1. The van der Waals surface area contributed by atoms with Gasteiger partial charge < -0.3 is 24.3 Å². The molecule has 41 heavy (non-hydrogen) atoms. The second kappa shape index (κ2) is 12.6. The van der Waals surface area contributed by atoms with E-state index in [1.165, 1.54) is 0 Å². The Morgan fingerprint density at radius 2 is 1.85 bits per heavy atom. The molecule has 0 bridgehead atoms. The molecule has 3 aromatic heterocycles. The summed E-state index contributed by atoms with van der Waals surface area (Å²) in [5, 5.41) is 4.33. The van der Waals surface area contributed by atoms with Gasteiger partial charge in [-0.1, -0.05) is 19.6 Å². The van der Waals surface area contributed by atoms with Crippen LogP contribution in [0.1, 0.15) is 40.3 Å². The number of fused-ring (bicyclic) bond motifs is 1. The molecule has 1 N–H and O–H groups in total. The maximum Gasteiger partial charge on any atom is 0.410 e. The van der Waals surface area contributed by atoms with Crippen molar-refractivity contribution in [3.8, 4) is 0 Å². The standard InChI is InChI=1S/C28H43BrN8O3Si/c1-19-14-35(15-20(2)37(19)27(38)40-28(3,4)5)26-30-10-9-21(34-26)13-31-24-23-22(29)16-36(25(23)33-17-32-24)18-39-11-12-41(6,7)8/h9-10,16-17,19-20H,11-15,18H2,1-8H3,(H,31,32,33)/t19-,20+. The highest BCUT2D eigenvalue weighted by molar-refractivity contribution is 9.10. The van der Waals surface area contributed by atoms with Crippen LogP contribution in [0, 0.1) is 0 Å². The molecule has 0 saturated carbocycles. The second-order valence-corrected chi connectivity index (χ2v) is 19.4. The number of nitrogens with zero attached hydrogens (tertiary/aromatic N) is 7. The number of aromatic nitrogens is 5. The van der Waals surface area contributed by atoms with Gasteiger partial charge in [0.15, 0.2) is 0 Å². The maximum absolute atomic E-state index is 12.8. The number of rotatable bonds is 9. The van der Waals surface area contributed by atoms with Crippen LogP contribution in [0.4, 0.5) is 16.6 Å².